The molecule has 0 N–H and O–H groups in total. The van der Waals surface area contributed by atoms with E-state index in [1.165, 1.54) is 49.9 Å². The van der Waals surface area contributed by atoms with Gasteiger partial charge in [-0.1, -0.05) is 176 Å². The highest BCUT2D eigenvalue weighted by Crippen LogP contribution is 2.58. The zero-order chi connectivity index (χ0) is 36.3. The Kier molecular flexibility index (Phi) is 7.11. The number of anilines is 3. The highest BCUT2D eigenvalue weighted by Gasteiger charge is 2.46. The summed E-state index contributed by atoms with van der Waals surface area (Å²) in [4.78, 5) is 2.32. The second kappa shape index (κ2) is 12.5. The summed E-state index contributed by atoms with van der Waals surface area (Å²) in [5, 5.41) is 4.53. The van der Waals surface area contributed by atoms with Crippen molar-refractivity contribution in [1.82, 2.24) is 0 Å². The van der Waals surface area contributed by atoms with Gasteiger partial charge in [-0.15, -0.1) is 0 Å². The Bertz CT molecular complexity index is 2980. The van der Waals surface area contributed by atoms with E-state index in [1.54, 1.807) is 0 Å². The average molecular weight is 702 g/mol. The molecule has 1 heterocycles. The number of hydrogen-bond acceptors (Lipinski definition) is 2. The van der Waals surface area contributed by atoms with E-state index in [4.69, 9.17) is 4.42 Å². The summed E-state index contributed by atoms with van der Waals surface area (Å²) >= 11 is 0. The first-order chi connectivity index (χ1) is 27.3. The lowest BCUT2D eigenvalue weighted by Crippen LogP contribution is -2.28. The summed E-state index contributed by atoms with van der Waals surface area (Å²) in [5.41, 5.74) is 14.6. The molecule has 10 aromatic rings. The van der Waals surface area contributed by atoms with Crippen LogP contribution in [0.5, 0.6) is 0 Å². The summed E-state index contributed by atoms with van der Waals surface area (Å²) in [7, 11) is 0. The highest BCUT2D eigenvalue weighted by atomic mass is 16.3. The maximum absolute atomic E-state index is 6.85. The van der Waals surface area contributed by atoms with Crippen molar-refractivity contribution in [3.8, 4) is 22.3 Å². The molecule has 0 aliphatic heterocycles. The van der Waals surface area contributed by atoms with Gasteiger partial charge in [-0.2, -0.15) is 0 Å². The maximum Gasteiger partial charge on any atom is 0.159 e. The molecule has 0 atom stereocenters. The third-order valence-corrected chi connectivity index (χ3v) is 11.5. The molecular weight excluding hydrogens is 667 g/mol. The minimum atomic E-state index is -0.439. The van der Waals surface area contributed by atoms with Crippen LogP contribution in [0.25, 0.3) is 55.0 Å². The molecule has 0 amide bonds. The lowest BCUT2D eigenvalue weighted by molar-refractivity contribution is 0.673. The number of rotatable bonds is 6. The second-order valence-electron chi connectivity index (χ2n) is 14.4. The fourth-order valence-electron chi connectivity index (χ4n) is 9.22. The van der Waals surface area contributed by atoms with Crippen LogP contribution in [-0.2, 0) is 5.41 Å². The average Bonchev–Trinajstić information content (AvgIpc) is 3.80. The van der Waals surface area contributed by atoms with E-state index in [-0.39, 0.29) is 0 Å². The van der Waals surface area contributed by atoms with E-state index < -0.39 is 5.41 Å². The molecule has 258 valence electrons. The molecule has 0 spiro atoms. The Morgan fingerprint density at radius 3 is 1.69 bits per heavy atom. The van der Waals surface area contributed by atoms with Gasteiger partial charge in [0.05, 0.1) is 11.1 Å². The van der Waals surface area contributed by atoms with E-state index in [2.05, 4.69) is 217 Å². The number of nitrogens with zero attached hydrogens (tertiary/aromatic N) is 1. The van der Waals surface area contributed by atoms with E-state index in [0.29, 0.717) is 0 Å². The van der Waals surface area contributed by atoms with Gasteiger partial charge < -0.3 is 9.32 Å². The molecule has 1 aliphatic rings. The van der Waals surface area contributed by atoms with Crippen LogP contribution in [-0.4, -0.2) is 0 Å². The number of benzene rings is 9. The zero-order valence-electron chi connectivity index (χ0n) is 30.1. The lowest BCUT2D eigenvalue weighted by atomic mass is 9.67. The molecule has 0 saturated carbocycles. The van der Waals surface area contributed by atoms with Crippen LogP contribution in [0.4, 0.5) is 17.1 Å². The van der Waals surface area contributed by atoms with Crippen molar-refractivity contribution in [2.75, 3.05) is 4.90 Å². The third-order valence-electron chi connectivity index (χ3n) is 11.5. The second-order valence-corrected chi connectivity index (χ2v) is 14.4. The predicted molar refractivity (Wildman–Crippen MR) is 229 cm³/mol. The largest absolute Gasteiger partial charge is 0.453 e. The number of hydrogen-bond donors (Lipinski definition) is 0. The van der Waals surface area contributed by atoms with E-state index >= 15 is 0 Å². The molecule has 0 bridgehead atoms. The van der Waals surface area contributed by atoms with Crippen LogP contribution >= 0.6 is 0 Å². The van der Waals surface area contributed by atoms with Crippen molar-refractivity contribution in [3.63, 3.8) is 0 Å². The smallest absolute Gasteiger partial charge is 0.159 e. The first kappa shape index (κ1) is 31.4. The van der Waals surface area contributed by atoms with Gasteiger partial charge in [0.2, 0.25) is 0 Å². The molecule has 0 saturated heterocycles. The summed E-state index contributed by atoms with van der Waals surface area (Å²) < 4.78 is 6.85. The van der Waals surface area contributed by atoms with Crippen molar-refractivity contribution < 1.29 is 4.42 Å². The Hall–Kier alpha value is -7.16. The fourth-order valence-corrected chi connectivity index (χ4v) is 9.22. The molecule has 2 nitrogen and oxygen atoms in total. The summed E-state index contributed by atoms with van der Waals surface area (Å²) in [5.74, 6) is 0. The van der Waals surface area contributed by atoms with Crippen molar-refractivity contribution in [1.29, 1.82) is 0 Å². The van der Waals surface area contributed by atoms with E-state index in [1.807, 2.05) is 0 Å². The van der Waals surface area contributed by atoms with Crippen LogP contribution in [0.15, 0.2) is 217 Å². The monoisotopic (exact) mass is 701 g/mol. The molecule has 11 rings (SSSR count). The molecule has 1 aliphatic carbocycles. The van der Waals surface area contributed by atoms with E-state index in [9.17, 15) is 0 Å². The maximum atomic E-state index is 6.85. The topological polar surface area (TPSA) is 16.4 Å². The van der Waals surface area contributed by atoms with Gasteiger partial charge in [0.15, 0.2) is 5.58 Å². The van der Waals surface area contributed by atoms with Gasteiger partial charge in [0.1, 0.15) is 5.58 Å². The first-order valence-corrected chi connectivity index (χ1v) is 18.9. The summed E-state index contributed by atoms with van der Waals surface area (Å²) in [6, 6.07) is 76.8. The minimum Gasteiger partial charge on any atom is -0.453 e. The van der Waals surface area contributed by atoms with Crippen LogP contribution in [0.2, 0.25) is 0 Å². The quantitative estimate of drug-likeness (QED) is 0.172. The summed E-state index contributed by atoms with van der Waals surface area (Å²) in [6.07, 6.45) is 0. The molecule has 0 fully saturated rings. The Balaban J connectivity index is 1.09. The van der Waals surface area contributed by atoms with Crippen LogP contribution in [0.3, 0.4) is 0 Å². The van der Waals surface area contributed by atoms with Crippen molar-refractivity contribution in [3.05, 3.63) is 235 Å². The number of furan rings is 1. The number of para-hydroxylation sites is 2. The highest BCUT2D eigenvalue weighted by molar-refractivity contribution is 6.17. The minimum absolute atomic E-state index is 0.439. The van der Waals surface area contributed by atoms with Crippen molar-refractivity contribution >= 4 is 49.8 Å². The molecule has 0 unspecified atom stereocenters. The molecule has 0 radical (unpaired) electrons. The zero-order valence-corrected chi connectivity index (χ0v) is 30.1. The Morgan fingerprint density at radius 1 is 0.364 bits per heavy atom. The molecule has 1 aromatic heterocycles. The molecule has 2 heteroatoms. The van der Waals surface area contributed by atoms with Crippen LogP contribution in [0.1, 0.15) is 22.3 Å². The van der Waals surface area contributed by atoms with Gasteiger partial charge in [-0.25, -0.2) is 0 Å². The van der Waals surface area contributed by atoms with Gasteiger partial charge >= 0.3 is 0 Å². The first-order valence-electron chi connectivity index (χ1n) is 18.9. The summed E-state index contributed by atoms with van der Waals surface area (Å²) in [6.45, 7) is 0. The lowest BCUT2D eigenvalue weighted by Gasteiger charge is -2.34. The Labute approximate surface area is 320 Å². The van der Waals surface area contributed by atoms with Gasteiger partial charge in [0, 0.05) is 27.5 Å². The Morgan fingerprint density at radius 2 is 0.927 bits per heavy atom. The molecule has 9 aromatic carbocycles. The van der Waals surface area contributed by atoms with Gasteiger partial charge in [0.25, 0.3) is 0 Å². The van der Waals surface area contributed by atoms with Crippen LogP contribution in [0, 0.1) is 0 Å². The van der Waals surface area contributed by atoms with E-state index in [0.717, 1.165) is 44.4 Å². The molecular formula is C53H35NO. The SMILES string of the molecule is c1ccc(N(c2ccc(-c3cccc4c3-c3ccccc3C4(c3ccccc3)c3ccccc3)cc2)c2cccc3c2oc2c4ccccc4ccc32)cc1. The third kappa shape index (κ3) is 4.68. The van der Waals surface area contributed by atoms with Crippen molar-refractivity contribution in [2.45, 2.75) is 5.41 Å². The fraction of sp³-hybridized carbons (Fsp3) is 0.0189. The standard InChI is InChI=1S/C53H35NO/c1-4-17-38(18-5-1)53(39-19-6-2-7-20-39)47-27-13-12-24-46(47)50-42(25-14-28-48(50)53)37-30-33-41(34-31-37)54(40-21-8-3-9-22-40)49-29-15-26-44-45-35-32-36-16-10-11-23-43(36)51(45)55-52(44)49/h1-35H. The van der Waals surface area contributed by atoms with Crippen molar-refractivity contribution in [2.24, 2.45) is 0 Å². The van der Waals surface area contributed by atoms with Crippen LogP contribution < -0.4 is 4.90 Å². The predicted octanol–water partition coefficient (Wildman–Crippen LogP) is 14.2. The van der Waals surface area contributed by atoms with Gasteiger partial charge in [-0.3, -0.25) is 0 Å². The normalized spacial score (nSPS) is 12.9. The number of fused-ring (bicyclic) bond motifs is 8. The molecule has 55 heavy (non-hydrogen) atoms. The van der Waals surface area contributed by atoms with Gasteiger partial charge in [-0.05, 0) is 86.3 Å².